The number of benzene rings is 1. The van der Waals surface area contributed by atoms with Gasteiger partial charge in [-0.05, 0) is 57.5 Å². The summed E-state index contributed by atoms with van der Waals surface area (Å²) in [6, 6.07) is 13.5. The largest absolute Gasteiger partial charge is 0.463 e. The summed E-state index contributed by atoms with van der Waals surface area (Å²) >= 11 is 0. The minimum atomic E-state index is -0.0784. The van der Waals surface area contributed by atoms with Gasteiger partial charge in [0.25, 0.3) is 5.91 Å². The molecule has 3 heterocycles. The Balaban J connectivity index is 1.92. The van der Waals surface area contributed by atoms with Gasteiger partial charge in [-0.1, -0.05) is 18.2 Å². The summed E-state index contributed by atoms with van der Waals surface area (Å²) < 4.78 is 7.39. The van der Waals surface area contributed by atoms with Crippen molar-refractivity contribution in [2.45, 2.75) is 33.7 Å². The lowest BCUT2D eigenvalue weighted by atomic mass is 10.1. The molecule has 6 heteroatoms. The van der Waals surface area contributed by atoms with Gasteiger partial charge >= 0.3 is 0 Å². The fraction of sp³-hybridized carbons (Fsp3) is 0.261. The first-order chi connectivity index (χ1) is 14.0. The molecular formula is C23H24N4O2. The quantitative estimate of drug-likeness (QED) is 0.468. The lowest BCUT2D eigenvalue weighted by Crippen LogP contribution is -2.31. The Hall–Kier alpha value is -3.41. The van der Waals surface area contributed by atoms with E-state index in [9.17, 15) is 4.79 Å². The van der Waals surface area contributed by atoms with E-state index in [4.69, 9.17) is 9.40 Å². The highest BCUT2D eigenvalue weighted by molar-refractivity contribution is 6.14. The summed E-state index contributed by atoms with van der Waals surface area (Å²) in [4.78, 5) is 20.2. The lowest BCUT2D eigenvalue weighted by molar-refractivity contribution is 0.0989. The number of pyridine rings is 1. The highest BCUT2D eigenvalue weighted by Gasteiger charge is 2.24. The van der Waals surface area contributed by atoms with Crippen LogP contribution in [0, 0.1) is 6.92 Å². The number of fused-ring (bicyclic) bond motifs is 1. The topological polar surface area (TPSA) is 64.2 Å². The summed E-state index contributed by atoms with van der Waals surface area (Å²) in [5, 5.41) is 5.23. The molecule has 6 nitrogen and oxygen atoms in total. The Morgan fingerprint density at radius 3 is 2.66 bits per heavy atom. The number of rotatable bonds is 5. The molecule has 0 aliphatic rings. The molecule has 0 aliphatic heterocycles. The molecule has 0 aliphatic carbocycles. The highest BCUT2D eigenvalue weighted by atomic mass is 16.3. The van der Waals surface area contributed by atoms with Crippen molar-refractivity contribution in [3.8, 4) is 11.5 Å². The Morgan fingerprint density at radius 1 is 1.21 bits per heavy atom. The maximum absolute atomic E-state index is 13.7. The number of furan rings is 1. The molecule has 0 radical (unpaired) electrons. The normalized spacial score (nSPS) is 11.3. The first-order valence-electron chi connectivity index (χ1n) is 9.81. The molecule has 0 saturated carbocycles. The molecule has 0 atom stereocenters. The molecule has 1 aromatic carbocycles. The van der Waals surface area contributed by atoms with Crippen LogP contribution in [0.3, 0.4) is 0 Å². The first kappa shape index (κ1) is 18.9. The Labute approximate surface area is 169 Å². The van der Waals surface area contributed by atoms with Crippen molar-refractivity contribution in [2.75, 3.05) is 11.4 Å². The number of aromatic nitrogens is 3. The second kappa shape index (κ2) is 7.54. The van der Waals surface area contributed by atoms with E-state index in [0.29, 0.717) is 29.2 Å². The maximum atomic E-state index is 13.7. The van der Waals surface area contributed by atoms with Crippen LogP contribution in [0.1, 0.15) is 42.7 Å². The van der Waals surface area contributed by atoms with E-state index in [1.807, 2.05) is 68.8 Å². The number of carbonyl (C=O) groups is 1. The third-order valence-electron chi connectivity index (χ3n) is 5.03. The fourth-order valence-corrected chi connectivity index (χ4v) is 3.56. The molecule has 4 aromatic rings. The van der Waals surface area contributed by atoms with Crippen LogP contribution in [0.5, 0.6) is 0 Å². The molecular weight excluding hydrogens is 364 g/mol. The van der Waals surface area contributed by atoms with Crippen LogP contribution in [0.25, 0.3) is 22.5 Å². The van der Waals surface area contributed by atoms with Gasteiger partial charge in [0, 0.05) is 18.3 Å². The number of nitrogens with zero attached hydrogens (tertiary/aromatic N) is 4. The van der Waals surface area contributed by atoms with Gasteiger partial charge in [-0.25, -0.2) is 9.67 Å². The van der Waals surface area contributed by atoms with Gasteiger partial charge in [-0.15, -0.1) is 0 Å². The van der Waals surface area contributed by atoms with Crippen molar-refractivity contribution in [1.82, 2.24) is 14.8 Å². The summed E-state index contributed by atoms with van der Waals surface area (Å²) in [6.45, 7) is 8.63. The maximum Gasteiger partial charge on any atom is 0.259 e. The molecule has 1 amide bonds. The van der Waals surface area contributed by atoms with Crippen LogP contribution < -0.4 is 4.90 Å². The number of aryl methyl sites for hydroxylation is 1. The summed E-state index contributed by atoms with van der Waals surface area (Å²) in [5.41, 5.74) is 3.82. The third kappa shape index (κ3) is 3.31. The molecule has 0 bridgehead atoms. The fourth-order valence-electron chi connectivity index (χ4n) is 3.56. The van der Waals surface area contributed by atoms with Crippen LogP contribution >= 0.6 is 0 Å². The van der Waals surface area contributed by atoms with Crippen LogP contribution in [0.2, 0.25) is 0 Å². The van der Waals surface area contributed by atoms with Crippen molar-refractivity contribution >= 4 is 22.6 Å². The molecule has 0 unspecified atom stereocenters. The predicted molar refractivity (Wildman–Crippen MR) is 114 cm³/mol. The molecule has 0 spiro atoms. The molecule has 0 fully saturated rings. The number of hydrogen-bond acceptors (Lipinski definition) is 4. The van der Waals surface area contributed by atoms with E-state index >= 15 is 0 Å². The van der Waals surface area contributed by atoms with Gasteiger partial charge in [-0.2, -0.15) is 5.10 Å². The van der Waals surface area contributed by atoms with Crippen molar-refractivity contribution in [3.63, 3.8) is 0 Å². The van der Waals surface area contributed by atoms with Crippen LogP contribution in [-0.4, -0.2) is 27.2 Å². The zero-order valence-corrected chi connectivity index (χ0v) is 17.1. The first-order valence-corrected chi connectivity index (χ1v) is 9.81. The average molecular weight is 388 g/mol. The Morgan fingerprint density at radius 2 is 2.00 bits per heavy atom. The smallest absolute Gasteiger partial charge is 0.259 e. The summed E-state index contributed by atoms with van der Waals surface area (Å²) in [7, 11) is 0. The molecule has 3 aromatic heterocycles. The minimum Gasteiger partial charge on any atom is -0.463 e. The van der Waals surface area contributed by atoms with Gasteiger partial charge in [0.05, 0.1) is 23.4 Å². The monoisotopic (exact) mass is 388 g/mol. The van der Waals surface area contributed by atoms with Crippen molar-refractivity contribution < 1.29 is 9.21 Å². The van der Waals surface area contributed by atoms with Crippen LogP contribution in [0.4, 0.5) is 5.69 Å². The van der Waals surface area contributed by atoms with Gasteiger partial charge in [0.2, 0.25) is 0 Å². The number of amides is 1. The molecule has 4 rings (SSSR count). The Kier molecular flexibility index (Phi) is 4.92. The molecule has 0 N–H and O–H groups in total. The van der Waals surface area contributed by atoms with Gasteiger partial charge < -0.3 is 9.32 Å². The van der Waals surface area contributed by atoms with E-state index in [1.54, 1.807) is 23.4 Å². The second-order valence-electron chi connectivity index (χ2n) is 7.29. The van der Waals surface area contributed by atoms with Crippen molar-refractivity contribution in [1.29, 1.82) is 0 Å². The van der Waals surface area contributed by atoms with E-state index < -0.39 is 0 Å². The van der Waals surface area contributed by atoms with Crippen molar-refractivity contribution in [2.24, 2.45) is 0 Å². The zero-order chi connectivity index (χ0) is 20.5. The third-order valence-corrected chi connectivity index (χ3v) is 5.03. The van der Waals surface area contributed by atoms with E-state index in [-0.39, 0.29) is 11.9 Å². The molecule has 148 valence electrons. The van der Waals surface area contributed by atoms with Gasteiger partial charge in [-0.3, -0.25) is 4.79 Å². The zero-order valence-electron chi connectivity index (χ0n) is 17.1. The van der Waals surface area contributed by atoms with E-state index in [0.717, 1.165) is 16.6 Å². The van der Waals surface area contributed by atoms with Crippen LogP contribution in [0.15, 0.2) is 59.3 Å². The summed E-state index contributed by atoms with van der Waals surface area (Å²) in [5.74, 6) is 0.543. The predicted octanol–water partition coefficient (Wildman–Crippen LogP) is 5.25. The van der Waals surface area contributed by atoms with Crippen molar-refractivity contribution in [3.05, 3.63) is 66.1 Å². The lowest BCUT2D eigenvalue weighted by Gasteiger charge is -2.23. The minimum absolute atomic E-state index is 0.0784. The Bertz CT molecular complexity index is 1160. The molecule has 0 saturated heterocycles. The average Bonchev–Trinajstić information content (AvgIpc) is 3.39. The second-order valence-corrected chi connectivity index (χ2v) is 7.29. The van der Waals surface area contributed by atoms with Crippen LogP contribution in [-0.2, 0) is 0 Å². The molecule has 29 heavy (non-hydrogen) atoms. The number of hydrogen-bond donors (Lipinski definition) is 0. The number of carbonyl (C=O) groups excluding carboxylic acids is 1. The number of anilines is 1. The number of para-hydroxylation sites is 1. The standard InChI is InChI=1S/C23H24N4O2/c1-5-26(20-10-7-6-9-16(20)4)23(28)17-13-19(21-11-8-12-29-21)25-22-18(17)14-24-27(22)15(2)3/h6-15H,5H2,1-4H3. The van der Waals surface area contributed by atoms with Gasteiger partial charge in [0.1, 0.15) is 5.69 Å². The SMILES string of the molecule is CCN(C(=O)c1cc(-c2ccco2)nc2c1cnn2C(C)C)c1ccccc1C. The van der Waals surface area contributed by atoms with E-state index in [1.165, 1.54) is 0 Å². The summed E-state index contributed by atoms with van der Waals surface area (Å²) in [6.07, 6.45) is 3.33. The van der Waals surface area contributed by atoms with Gasteiger partial charge in [0.15, 0.2) is 11.4 Å². The highest BCUT2D eigenvalue weighted by Crippen LogP contribution is 2.29. The van der Waals surface area contributed by atoms with E-state index in [2.05, 4.69) is 5.10 Å².